The summed E-state index contributed by atoms with van der Waals surface area (Å²) in [5.74, 6) is 0.739. The molecule has 0 radical (unpaired) electrons. The van der Waals surface area contributed by atoms with Gasteiger partial charge in [0.05, 0.1) is 56.8 Å². The highest BCUT2D eigenvalue weighted by Gasteiger charge is 2.42. The number of aromatic nitrogens is 4. The number of nitrogens with zero attached hydrogens (tertiary/aromatic N) is 5. The minimum absolute atomic E-state index is 0.0308. The van der Waals surface area contributed by atoms with E-state index >= 15 is 0 Å². The molecule has 0 saturated heterocycles. The topological polar surface area (TPSA) is 103 Å². The Balaban J connectivity index is 1.57. The van der Waals surface area contributed by atoms with E-state index < -0.39 is 24.9 Å². The van der Waals surface area contributed by atoms with Gasteiger partial charge in [-0.1, -0.05) is 0 Å². The first-order valence-corrected chi connectivity index (χ1v) is 11.8. The fraction of sp³-hybridized carbons (Fsp3) is 0.500. The zero-order valence-electron chi connectivity index (χ0n) is 21.0. The molecule has 1 fully saturated rings. The highest BCUT2D eigenvalue weighted by molar-refractivity contribution is 5.75. The molecule has 2 amide bonds. The lowest BCUT2D eigenvalue weighted by molar-refractivity contribution is -0.166. The molecule has 200 valence electrons. The molecule has 1 atom stereocenters. The second-order valence-electron chi connectivity index (χ2n) is 8.72. The van der Waals surface area contributed by atoms with Gasteiger partial charge in [0.25, 0.3) is 5.88 Å². The molecule has 3 heterocycles. The average Bonchev–Trinajstić information content (AvgIpc) is 3.61. The predicted octanol–water partition coefficient (Wildman–Crippen LogP) is 3.76. The van der Waals surface area contributed by atoms with Gasteiger partial charge in [0.1, 0.15) is 11.8 Å². The Labute approximate surface area is 211 Å². The summed E-state index contributed by atoms with van der Waals surface area (Å²) in [4.78, 5) is 27.3. The highest BCUT2D eigenvalue weighted by Crippen LogP contribution is 2.32. The number of aryl methyl sites for hydroxylation is 1. The summed E-state index contributed by atoms with van der Waals surface area (Å²) < 4.78 is 58.3. The molecular weight excluding hydrogens is 493 g/mol. The number of ether oxygens (including phenoxy) is 3. The number of hydrogen-bond acceptors (Lipinski definition) is 7. The number of fused-ring (bicyclic) bond motifs is 1. The Kier molecular flexibility index (Phi) is 7.71. The Bertz CT molecular complexity index is 1260. The zero-order chi connectivity index (χ0) is 26.7. The van der Waals surface area contributed by atoms with E-state index in [1.54, 1.807) is 23.6 Å². The number of urea groups is 1. The van der Waals surface area contributed by atoms with Crippen molar-refractivity contribution in [1.82, 2.24) is 29.6 Å². The maximum atomic E-state index is 13.5. The summed E-state index contributed by atoms with van der Waals surface area (Å²) in [6.45, 7) is 3.04. The maximum Gasteiger partial charge on any atom is 0.410 e. The number of amides is 2. The Morgan fingerprint density at radius 1 is 1.24 bits per heavy atom. The van der Waals surface area contributed by atoms with Gasteiger partial charge in [-0.2, -0.15) is 13.2 Å². The largest absolute Gasteiger partial charge is 0.494 e. The van der Waals surface area contributed by atoms with E-state index in [0.29, 0.717) is 34.2 Å². The van der Waals surface area contributed by atoms with Crippen LogP contribution >= 0.6 is 0 Å². The molecule has 1 unspecified atom stereocenters. The highest BCUT2D eigenvalue weighted by atomic mass is 19.4. The van der Waals surface area contributed by atoms with Gasteiger partial charge in [0, 0.05) is 24.5 Å². The number of halogens is 3. The first kappa shape index (κ1) is 26.5. The van der Waals surface area contributed by atoms with Gasteiger partial charge in [-0.25, -0.2) is 14.8 Å². The Morgan fingerprint density at radius 2 is 2.00 bits per heavy atom. The first-order valence-electron chi connectivity index (χ1n) is 11.8. The number of pyridine rings is 1. The first-order chi connectivity index (χ1) is 17.6. The van der Waals surface area contributed by atoms with Crippen molar-refractivity contribution in [3.05, 3.63) is 36.0 Å². The van der Waals surface area contributed by atoms with Crippen LogP contribution in [0.2, 0.25) is 0 Å². The number of alkyl halides is 3. The normalized spacial score (nSPS) is 14.5. The van der Waals surface area contributed by atoms with Gasteiger partial charge in [-0.3, -0.25) is 4.98 Å². The second-order valence-corrected chi connectivity index (χ2v) is 8.72. The summed E-state index contributed by atoms with van der Waals surface area (Å²) >= 11 is 0. The molecule has 10 nitrogen and oxygen atoms in total. The molecule has 13 heteroatoms. The van der Waals surface area contributed by atoms with Crippen LogP contribution in [0.1, 0.15) is 31.2 Å². The molecule has 3 aromatic rings. The monoisotopic (exact) mass is 522 g/mol. The van der Waals surface area contributed by atoms with Crippen molar-refractivity contribution in [1.29, 1.82) is 0 Å². The van der Waals surface area contributed by atoms with E-state index in [-0.39, 0.29) is 19.2 Å². The molecule has 1 aliphatic rings. The van der Waals surface area contributed by atoms with Crippen molar-refractivity contribution < 1.29 is 32.2 Å². The van der Waals surface area contributed by atoms with Crippen molar-refractivity contribution in [3.8, 4) is 22.9 Å². The van der Waals surface area contributed by atoms with Crippen LogP contribution in [0.5, 0.6) is 11.6 Å². The fourth-order valence-corrected chi connectivity index (χ4v) is 3.74. The van der Waals surface area contributed by atoms with Crippen molar-refractivity contribution in [3.63, 3.8) is 0 Å². The fourth-order valence-electron chi connectivity index (χ4n) is 3.74. The smallest absolute Gasteiger partial charge is 0.410 e. The predicted molar refractivity (Wildman–Crippen MR) is 127 cm³/mol. The van der Waals surface area contributed by atoms with Crippen LogP contribution in [-0.2, 0) is 11.3 Å². The number of nitrogens with one attached hydrogen (secondary N) is 1. The van der Waals surface area contributed by atoms with Gasteiger partial charge in [0.2, 0.25) is 5.65 Å². The van der Waals surface area contributed by atoms with Crippen LogP contribution in [-0.4, -0.2) is 76.0 Å². The number of imidazole rings is 1. The molecule has 37 heavy (non-hydrogen) atoms. The molecule has 0 aliphatic heterocycles. The molecule has 1 saturated carbocycles. The van der Waals surface area contributed by atoms with Crippen LogP contribution in [0.3, 0.4) is 0 Å². The maximum absolute atomic E-state index is 13.5. The molecule has 0 spiro atoms. The standard InChI is InChI=1S/C24H29F3N6O4/c1-5-32(23(34)31-20(24(25,26)27)13-37-16-6-7-16)11-15-8-17(19(35-3)9-28-15)18-12-33-10-14(2)29-21(33)22(30-18)36-4/h8-10,12,16,20H,5-7,11,13H2,1-4H3,(H,31,34). The van der Waals surface area contributed by atoms with E-state index in [9.17, 15) is 18.0 Å². The number of hydrogen-bond donors (Lipinski definition) is 1. The third kappa shape index (κ3) is 6.21. The van der Waals surface area contributed by atoms with Gasteiger partial charge >= 0.3 is 12.2 Å². The van der Waals surface area contributed by atoms with E-state index in [2.05, 4.69) is 20.3 Å². The van der Waals surface area contributed by atoms with Crippen LogP contribution < -0.4 is 14.8 Å². The van der Waals surface area contributed by atoms with Crippen molar-refractivity contribution >= 4 is 11.7 Å². The second kappa shape index (κ2) is 10.8. The number of rotatable bonds is 10. The molecule has 4 rings (SSSR count). The summed E-state index contributed by atoms with van der Waals surface area (Å²) in [5, 5.41) is 2.06. The Hall–Kier alpha value is -3.61. The zero-order valence-corrected chi connectivity index (χ0v) is 21.0. The summed E-state index contributed by atoms with van der Waals surface area (Å²) in [6, 6.07) is -1.28. The molecular formula is C24H29F3N6O4. The quantitative estimate of drug-likeness (QED) is 0.433. The lowest BCUT2D eigenvalue weighted by Gasteiger charge is -2.27. The lowest BCUT2D eigenvalue weighted by Crippen LogP contribution is -2.52. The summed E-state index contributed by atoms with van der Waals surface area (Å²) in [6.07, 6.45) is 1.74. The van der Waals surface area contributed by atoms with Gasteiger partial charge in [0.15, 0.2) is 0 Å². The minimum Gasteiger partial charge on any atom is -0.494 e. The number of carbonyl (C=O) groups is 1. The van der Waals surface area contributed by atoms with E-state index in [1.807, 2.05) is 13.1 Å². The Morgan fingerprint density at radius 3 is 2.62 bits per heavy atom. The van der Waals surface area contributed by atoms with E-state index in [0.717, 1.165) is 18.5 Å². The van der Waals surface area contributed by atoms with Crippen LogP contribution in [0.15, 0.2) is 24.7 Å². The summed E-state index contributed by atoms with van der Waals surface area (Å²) in [7, 11) is 2.98. The number of methoxy groups -OCH3 is 2. The van der Waals surface area contributed by atoms with Gasteiger partial charge in [-0.05, 0) is 32.8 Å². The SMILES string of the molecule is CCN(Cc1cc(-c2cn3cc(C)nc3c(OC)n2)c(OC)cn1)C(=O)NC(COC1CC1)C(F)(F)F. The van der Waals surface area contributed by atoms with Crippen LogP contribution in [0, 0.1) is 6.92 Å². The third-order valence-corrected chi connectivity index (χ3v) is 5.88. The van der Waals surface area contributed by atoms with Gasteiger partial charge < -0.3 is 28.8 Å². The van der Waals surface area contributed by atoms with Crippen LogP contribution in [0.4, 0.5) is 18.0 Å². The van der Waals surface area contributed by atoms with Gasteiger partial charge in [-0.15, -0.1) is 0 Å². The lowest BCUT2D eigenvalue weighted by atomic mass is 10.1. The van der Waals surface area contributed by atoms with Crippen molar-refractivity contribution in [2.45, 2.75) is 51.6 Å². The number of carbonyl (C=O) groups excluding carboxylic acids is 1. The van der Waals surface area contributed by atoms with Crippen molar-refractivity contribution in [2.75, 3.05) is 27.4 Å². The summed E-state index contributed by atoms with van der Waals surface area (Å²) in [5.41, 5.74) is 2.85. The van der Waals surface area contributed by atoms with E-state index in [1.165, 1.54) is 25.3 Å². The molecule has 1 N–H and O–H groups in total. The van der Waals surface area contributed by atoms with Crippen molar-refractivity contribution in [2.24, 2.45) is 0 Å². The van der Waals surface area contributed by atoms with Crippen LogP contribution in [0.25, 0.3) is 16.9 Å². The molecule has 0 aromatic carbocycles. The molecule has 3 aromatic heterocycles. The minimum atomic E-state index is -4.63. The molecule has 1 aliphatic carbocycles. The average molecular weight is 523 g/mol. The third-order valence-electron chi connectivity index (χ3n) is 5.88. The van der Waals surface area contributed by atoms with E-state index in [4.69, 9.17) is 14.2 Å². The molecule has 0 bridgehead atoms.